The van der Waals surface area contributed by atoms with Crippen molar-refractivity contribution in [2.24, 2.45) is 0 Å². The number of likely N-dealkylation sites (tertiary alicyclic amines) is 1. The second-order valence-electron chi connectivity index (χ2n) is 5.82. The highest BCUT2D eigenvalue weighted by atomic mass is 16.4. The second kappa shape index (κ2) is 6.23. The van der Waals surface area contributed by atoms with Crippen molar-refractivity contribution >= 4 is 28.7 Å². The lowest BCUT2D eigenvalue weighted by molar-refractivity contribution is -0.141. The van der Waals surface area contributed by atoms with Gasteiger partial charge in [-0.2, -0.15) is 5.10 Å². The minimum Gasteiger partial charge on any atom is -0.481 e. The van der Waals surface area contributed by atoms with Crippen LogP contribution in [0.3, 0.4) is 0 Å². The van der Waals surface area contributed by atoms with E-state index in [4.69, 9.17) is 10.8 Å². The summed E-state index contributed by atoms with van der Waals surface area (Å²) in [7, 11) is 0. The van der Waals surface area contributed by atoms with Crippen LogP contribution in [0.2, 0.25) is 0 Å². The van der Waals surface area contributed by atoms with Crippen molar-refractivity contribution < 1.29 is 14.7 Å². The molecule has 23 heavy (non-hydrogen) atoms. The number of amides is 1. The Morgan fingerprint density at radius 1 is 1.39 bits per heavy atom. The topological polar surface area (TPSA) is 125 Å². The maximum absolute atomic E-state index is 12.1. The Morgan fingerprint density at radius 3 is 3.00 bits per heavy atom. The number of nitrogens with zero attached hydrogens (tertiary/aromatic N) is 3. The highest BCUT2D eigenvalue weighted by Crippen LogP contribution is 2.28. The minimum absolute atomic E-state index is 0.0460. The number of hydrogen-bond acceptors (Lipinski definition) is 5. The van der Waals surface area contributed by atoms with Crippen LogP contribution >= 0.6 is 0 Å². The highest BCUT2D eigenvalue weighted by Gasteiger charge is 2.26. The summed E-state index contributed by atoms with van der Waals surface area (Å²) in [5, 5.41) is 16.3. The Kier molecular flexibility index (Phi) is 4.14. The van der Waals surface area contributed by atoms with Gasteiger partial charge in [0.2, 0.25) is 5.91 Å². The maximum atomic E-state index is 12.1. The predicted octanol–water partition coefficient (Wildman–Crippen LogP) is 1.11. The Balaban J connectivity index is 1.71. The largest absolute Gasteiger partial charge is 0.481 e. The molecule has 3 heterocycles. The third kappa shape index (κ3) is 3.25. The molecule has 8 heteroatoms. The van der Waals surface area contributed by atoms with Crippen LogP contribution in [0.5, 0.6) is 0 Å². The number of H-pyrrole nitrogens is 1. The molecule has 0 bridgehead atoms. The first-order valence-corrected chi connectivity index (χ1v) is 7.64. The number of aliphatic carboxylic acids is 1. The van der Waals surface area contributed by atoms with Crippen molar-refractivity contribution in [3.63, 3.8) is 0 Å². The molecule has 1 aliphatic heterocycles. The lowest BCUT2D eigenvalue weighted by atomic mass is 9.94. The fraction of sp³-hybridized carbons (Fsp3) is 0.467. The van der Waals surface area contributed by atoms with Crippen LogP contribution in [0.4, 0.5) is 5.82 Å². The molecule has 1 atom stereocenters. The molecule has 0 spiro atoms. The van der Waals surface area contributed by atoms with Gasteiger partial charge in [0.25, 0.3) is 0 Å². The van der Waals surface area contributed by atoms with E-state index in [9.17, 15) is 9.59 Å². The van der Waals surface area contributed by atoms with Gasteiger partial charge >= 0.3 is 5.97 Å². The molecule has 0 aromatic carbocycles. The average Bonchev–Trinajstić information content (AvgIpc) is 2.93. The SMILES string of the molecule is Nc1[nH]nc2nc([C@@H]3CCCN(C(=O)CCC(=O)O)C3)ccc12. The maximum Gasteiger partial charge on any atom is 0.303 e. The summed E-state index contributed by atoms with van der Waals surface area (Å²) < 4.78 is 0. The van der Waals surface area contributed by atoms with Crippen molar-refractivity contribution in [2.45, 2.75) is 31.6 Å². The molecule has 0 radical (unpaired) electrons. The minimum atomic E-state index is -0.949. The summed E-state index contributed by atoms with van der Waals surface area (Å²) in [6.45, 7) is 1.24. The molecular formula is C15H19N5O3. The number of carbonyl (C=O) groups excluding carboxylic acids is 1. The van der Waals surface area contributed by atoms with E-state index in [0.717, 1.165) is 23.9 Å². The Morgan fingerprint density at radius 2 is 2.22 bits per heavy atom. The van der Waals surface area contributed by atoms with E-state index in [1.165, 1.54) is 0 Å². The third-order valence-corrected chi connectivity index (χ3v) is 4.21. The molecule has 0 aliphatic carbocycles. The van der Waals surface area contributed by atoms with Crippen molar-refractivity contribution in [2.75, 3.05) is 18.8 Å². The number of carbonyl (C=O) groups is 2. The first kappa shape index (κ1) is 15.3. The van der Waals surface area contributed by atoms with Crippen LogP contribution in [0.25, 0.3) is 11.0 Å². The Bertz CT molecular complexity index is 742. The van der Waals surface area contributed by atoms with Gasteiger partial charge in [0.15, 0.2) is 5.65 Å². The summed E-state index contributed by atoms with van der Waals surface area (Å²) in [5.41, 5.74) is 7.23. The molecular weight excluding hydrogens is 298 g/mol. The normalized spacial score (nSPS) is 18.3. The number of carboxylic acids is 1. The molecule has 2 aromatic heterocycles. The zero-order chi connectivity index (χ0) is 16.4. The smallest absolute Gasteiger partial charge is 0.303 e. The predicted molar refractivity (Wildman–Crippen MR) is 83.7 cm³/mol. The summed E-state index contributed by atoms with van der Waals surface area (Å²) in [6, 6.07) is 3.81. The summed E-state index contributed by atoms with van der Waals surface area (Å²) in [5.74, 6) is -0.426. The van der Waals surface area contributed by atoms with Crippen molar-refractivity contribution in [3.05, 3.63) is 17.8 Å². The van der Waals surface area contributed by atoms with Gasteiger partial charge in [-0.05, 0) is 25.0 Å². The van der Waals surface area contributed by atoms with Gasteiger partial charge in [-0.25, -0.2) is 4.98 Å². The molecule has 1 aliphatic rings. The van der Waals surface area contributed by atoms with Gasteiger partial charge in [-0.15, -0.1) is 0 Å². The van der Waals surface area contributed by atoms with E-state index >= 15 is 0 Å². The molecule has 122 valence electrons. The fourth-order valence-electron chi connectivity index (χ4n) is 2.98. The van der Waals surface area contributed by atoms with E-state index in [1.807, 2.05) is 12.1 Å². The molecule has 0 unspecified atom stereocenters. The fourth-order valence-corrected chi connectivity index (χ4v) is 2.98. The van der Waals surface area contributed by atoms with Gasteiger partial charge in [0, 0.05) is 31.1 Å². The van der Waals surface area contributed by atoms with Gasteiger partial charge in [0.1, 0.15) is 5.82 Å². The van der Waals surface area contributed by atoms with Gasteiger partial charge in [0.05, 0.1) is 11.8 Å². The number of rotatable bonds is 4. The first-order chi connectivity index (χ1) is 11.0. The molecule has 0 saturated carbocycles. The number of aromatic nitrogens is 3. The number of nitrogen functional groups attached to an aromatic ring is 1. The first-order valence-electron chi connectivity index (χ1n) is 7.64. The van der Waals surface area contributed by atoms with Gasteiger partial charge in [-0.3, -0.25) is 14.7 Å². The second-order valence-corrected chi connectivity index (χ2v) is 5.82. The van der Waals surface area contributed by atoms with Crippen LogP contribution in [-0.2, 0) is 9.59 Å². The number of nitrogens with two attached hydrogens (primary N) is 1. The Labute approximate surface area is 132 Å². The van der Waals surface area contributed by atoms with E-state index < -0.39 is 5.97 Å². The number of aromatic amines is 1. The number of piperidine rings is 1. The van der Waals surface area contributed by atoms with E-state index in [-0.39, 0.29) is 24.7 Å². The molecule has 2 aromatic rings. The molecule has 8 nitrogen and oxygen atoms in total. The summed E-state index contributed by atoms with van der Waals surface area (Å²) in [4.78, 5) is 29.0. The standard InChI is InChI=1S/C15H19N5O3/c16-14-10-3-4-11(17-15(10)19-18-14)9-2-1-7-20(8-9)12(21)5-6-13(22)23/h3-4,9H,1-2,5-8H2,(H,22,23)(H3,16,17,18,19)/t9-/m1/s1. The quantitative estimate of drug-likeness (QED) is 0.775. The number of fused-ring (bicyclic) bond motifs is 1. The molecule has 1 amide bonds. The number of hydrogen-bond donors (Lipinski definition) is 3. The molecule has 4 N–H and O–H groups in total. The third-order valence-electron chi connectivity index (χ3n) is 4.21. The molecule has 1 saturated heterocycles. The number of carboxylic acid groups (broad SMARTS) is 1. The average molecular weight is 317 g/mol. The molecule has 3 rings (SSSR count). The van der Waals surface area contributed by atoms with Crippen LogP contribution in [0.1, 0.15) is 37.3 Å². The van der Waals surface area contributed by atoms with E-state index in [2.05, 4.69) is 15.2 Å². The van der Waals surface area contributed by atoms with Crippen molar-refractivity contribution in [1.82, 2.24) is 20.1 Å². The van der Waals surface area contributed by atoms with Crippen molar-refractivity contribution in [1.29, 1.82) is 0 Å². The van der Waals surface area contributed by atoms with Gasteiger partial charge in [-0.1, -0.05) is 0 Å². The monoisotopic (exact) mass is 317 g/mol. The summed E-state index contributed by atoms with van der Waals surface area (Å²) >= 11 is 0. The van der Waals surface area contributed by atoms with Crippen molar-refractivity contribution in [3.8, 4) is 0 Å². The van der Waals surface area contributed by atoms with Crippen LogP contribution in [0, 0.1) is 0 Å². The zero-order valence-electron chi connectivity index (χ0n) is 12.7. The Hall–Kier alpha value is -2.64. The van der Waals surface area contributed by atoms with E-state index in [1.54, 1.807) is 4.90 Å². The zero-order valence-corrected chi connectivity index (χ0v) is 12.7. The van der Waals surface area contributed by atoms with Crippen LogP contribution in [0.15, 0.2) is 12.1 Å². The highest BCUT2D eigenvalue weighted by molar-refractivity contribution is 5.85. The van der Waals surface area contributed by atoms with Gasteiger partial charge < -0.3 is 15.7 Å². The lowest BCUT2D eigenvalue weighted by Crippen LogP contribution is -2.39. The van der Waals surface area contributed by atoms with Crippen LogP contribution < -0.4 is 5.73 Å². The lowest BCUT2D eigenvalue weighted by Gasteiger charge is -2.32. The molecule has 1 fully saturated rings. The van der Waals surface area contributed by atoms with E-state index in [0.29, 0.717) is 24.6 Å². The number of anilines is 1. The summed E-state index contributed by atoms with van der Waals surface area (Å²) in [6.07, 6.45) is 1.74. The van der Waals surface area contributed by atoms with Crippen LogP contribution in [-0.4, -0.2) is 50.2 Å². The number of nitrogens with one attached hydrogen (secondary N) is 1. The number of pyridine rings is 1.